The second-order valence-corrected chi connectivity index (χ2v) is 8.66. The van der Waals surface area contributed by atoms with Crippen molar-refractivity contribution in [2.75, 3.05) is 26.2 Å². The Balaban J connectivity index is 1.27. The molecule has 2 fully saturated rings. The summed E-state index contributed by atoms with van der Waals surface area (Å²) in [6, 6.07) is 20.3. The minimum atomic E-state index is 0.692. The first-order valence-electron chi connectivity index (χ1n) is 11.0. The maximum atomic E-state index is 5.93. The van der Waals surface area contributed by atoms with Gasteiger partial charge in [-0.15, -0.1) is 0 Å². The molecule has 0 radical (unpaired) electrons. The topological polar surface area (TPSA) is 15.7 Å². The predicted octanol–water partition coefficient (Wildman–Crippen LogP) is 5.53. The molecule has 0 unspecified atom stereocenters. The number of para-hydroxylation sites is 1. The molecule has 2 aromatic rings. The van der Waals surface area contributed by atoms with Crippen LogP contribution in [0.15, 0.2) is 54.6 Å². The van der Waals surface area contributed by atoms with Crippen molar-refractivity contribution in [2.45, 2.75) is 57.5 Å². The zero-order valence-corrected chi connectivity index (χ0v) is 17.4. The second kappa shape index (κ2) is 9.11. The van der Waals surface area contributed by atoms with Crippen molar-refractivity contribution < 1.29 is 4.74 Å². The molecule has 28 heavy (non-hydrogen) atoms. The average molecular weight is 379 g/mol. The van der Waals surface area contributed by atoms with Gasteiger partial charge >= 0.3 is 0 Å². The molecule has 0 bridgehead atoms. The number of rotatable bonds is 5. The molecule has 3 nitrogen and oxygen atoms in total. The van der Waals surface area contributed by atoms with Gasteiger partial charge in [0, 0.05) is 12.1 Å². The van der Waals surface area contributed by atoms with Gasteiger partial charge in [0.1, 0.15) is 11.5 Å². The third kappa shape index (κ3) is 4.76. The van der Waals surface area contributed by atoms with Crippen LogP contribution in [0.2, 0.25) is 0 Å². The van der Waals surface area contributed by atoms with Crippen LogP contribution in [0.3, 0.4) is 0 Å². The van der Waals surface area contributed by atoms with E-state index in [9.17, 15) is 0 Å². The van der Waals surface area contributed by atoms with E-state index in [0.29, 0.717) is 12.0 Å². The van der Waals surface area contributed by atoms with Gasteiger partial charge in [-0.3, -0.25) is 0 Å². The van der Waals surface area contributed by atoms with E-state index in [0.717, 1.165) is 17.5 Å². The van der Waals surface area contributed by atoms with E-state index in [2.05, 4.69) is 47.9 Å². The maximum absolute atomic E-state index is 5.93. The second-order valence-electron chi connectivity index (χ2n) is 8.66. The molecule has 2 aliphatic rings. The van der Waals surface area contributed by atoms with Crippen LogP contribution < -0.4 is 4.74 Å². The molecule has 3 heteroatoms. The lowest BCUT2D eigenvalue weighted by atomic mass is 9.88. The van der Waals surface area contributed by atoms with Crippen molar-refractivity contribution in [1.82, 2.24) is 9.80 Å². The van der Waals surface area contributed by atoms with E-state index >= 15 is 0 Å². The zero-order chi connectivity index (χ0) is 19.3. The van der Waals surface area contributed by atoms with Gasteiger partial charge in [0.25, 0.3) is 0 Å². The summed E-state index contributed by atoms with van der Waals surface area (Å²) in [6.45, 7) is 9.68. The van der Waals surface area contributed by atoms with Crippen molar-refractivity contribution in [3.8, 4) is 11.5 Å². The smallest absolute Gasteiger partial charge is 0.127 e. The van der Waals surface area contributed by atoms with Gasteiger partial charge < -0.3 is 14.5 Å². The van der Waals surface area contributed by atoms with Crippen molar-refractivity contribution in [3.05, 3.63) is 60.2 Å². The Morgan fingerprint density at radius 3 is 1.96 bits per heavy atom. The molecule has 0 saturated carbocycles. The van der Waals surface area contributed by atoms with Gasteiger partial charge in [0.2, 0.25) is 0 Å². The molecular formula is C25H34N2O. The number of hydrogen-bond donors (Lipinski definition) is 0. The summed E-state index contributed by atoms with van der Waals surface area (Å²) in [4.78, 5) is 5.39. The van der Waals surface area contributed by atoms with Gasteiger partial charge in [0.15, 0.2) is 0 Å². The largest absolute Gasteiger partial charge is 0.457 e. The highest BCUT2D eigenvalue weighted by Crippen LogP contribution is 2.32. The first-order chi connectivity index (χ1) is 13.7. The fourth-order valence-corrected chi connectivity index (χ4v) is 4.80. The van der Waals surface area contributed by atoms with Gasteiger partial charge in [-0.1, -0.05) is 30.3 Å². The highest BCUT2D eigenvalue weighted by atomic mass is 16.5. The molecule has 0 spiro atoms. The van der Waals surface area contributed by atoms with Crippen LogP contribution in [0.1, 0.15) is 51.0 Å². The lowest BCUT2D eigenvalue weighted by Crippen LogP contribution is -2.48. The van der Waals surface area contributed by atoms with E-state index in [4.69, 9.17) is 4.74 Å². The molecular weight excluding hydrogens is 344 g/mol. The quantitative estimate of drug-likeness (QED) is 0.680. The van der Waals surface area contributed by atoms with E-state index < -0.39 is 0 Å². The Bertz CT molecular complexity index is 712. The van der Waals surface area contributed by atoms with Crippen molar-refractivity contribution in [1.29, 1.82) is 0 Å². The SMILES string of the molecule is CC(C)N1CCC(N2CCC(c3ccc(Oc4ccccc4)cc3)CC2)CC1. The number of benzene rings is 2. The summed E-state index contributed by atoms with van der Waals surface area (Å²) in [5, 5.41) is 0. The Labute approximate surface area is 170 Å². The summed E-state index contributed by atoms with van der Waals surface area (Å²) in [5.74, 6) is 2.51. The molecule has 150 valence electrons. The average Bonchev–Trinajstić information content (AvgIpc) is 2.75. The van der Waals surface area contributed by atoms with Crippen LogP contribution in [-0.2, 0) is 0 Å². The Morgan fingerprint density at radius 2 is 1.36 bits per heavy atom. The highest BCUT2D eigenvalue weighted by Gasteiger charge is 2.29. The van der Waals surface area contributed by atoms with Gasteiger partial charge in [0.05, 0.1) is 0 Å². The fraction of sp³-hybridized carbons (Fsp3) is 0.520. The highest BCUT2D eigenvalue weighted by molar-refractivity contribution is 5.34. The minimum absolute atomic E-state index is 0.692. The molecule has 0 aliphatic carbocycles. The zero-order valence-electron chi connectivity index (χ0n) is 17.4. The van der Waals surface area contributed by atoms with Crippen LogP contribution in [0.5, 0.6) is 11.5 Å². The van der Waals surface area contributed by atoms with Crippen LogP contribution in [-0.4, -0.2) is 48.1 Å². The lowest BCUT2D eigenvalue weighted by molar-refractivity contribution is 0.0753. The molecule has 2 heterocycles. The summed E-state index contributed by atoms with van der Waals surface area (Å²) < 4.78 is 5.93. The maximum Gasteiger partial charge on any atom is 0.127 e. The third-order valence-electron chi connectivity index (χ3n) is 6.61. The Morgan fingerprint density at radius 1 is 0.750 bits per heavy atom. The summed E-state index contributed by atoms with van der Waals surface area (Å²) in [5.41, 5.74) is 1.47. The predicted molar refractivity (Wildman–Crippen MR) is 116 cm³/mol. The lowest BCUT2D eigenvalue weighted by Gasteiger charge is -2.42. The van der Waals surface area contributed by atoms with E-state index in [1.807, 2.05) is 30.3 Å². The number of ether oxygens (including phenoxy) is 1. The fourth-order valence-electron chi connectivity index (χ4n) is 4.80. The number of hydrogen-bond acceptors (Lipinski definition) is 3. The molecule has 0 amide bonds. The van der Waals surface area contributed by atoms with Crippen molar-refractivity contribution in [3.63, 3.8) is 0 Å². The summed E-state index contributed by atoms with van der Waals surface area (Å²) in [6.07, 6.45) is 5.25. The molecule has 2 saturated heterocycles. The number of piperidine rings is 2. The van der Waals surface area contributed by atoms with Gasteiger partial charge in [-0.25, -0.2) is 0 Å². The monoisotopic (exact) mass is 378 g/mol. The first kappa shape index (κ1) is 19.5. The summed E-state index contributed by atoms with van der Waals surface area (Å²) in [7, 11) is 0. The molecule has 0 atom stereocenters. The molecule has 2 aliphatic heterocycles. The van der Waals surface area contributed by atoms with Gasteiger partial charge in [-0.05, 0) is 101 Å². The molecule has 0 N–H and O–H groups in total. The minimum Gasteiger partial charge on any atom is -0.457 e. The van der Waals surface area contributed by atoms with E-state index in [1.165, 1.54) is 57.4 Å². The van der Waals surface area contributed by atoms with Crippen LogP contribution in [0.25, 0.3) is 0 Å². The van der Waals surface area contributed by atoms with Crippen molar-refractivity contribution in [2.24, 2.45) is 0 Å². The van der Waals surface area contributed by atoms with Crippen LogP contribution in [0, 0.1) is 0 Å². The molecule has 4 rings (SSSR count). The molecule has 2 aromatic carbocycles. The Kier molecular flexibility index (Phi) is 6.33. The molecule has 0 aromatic heterocycles. The van der Waals surface area contributed by atoms with Gasteiger partial charge in [-0.2, -0.15) is 0 Å². The standard InChI is InChI=1S/C25H34N2O/c1-20(2)26-18-14-23(15-19-26)27-16-12-22(13-17-27)21-8-10-25(11-9-21)28-24-6-4-3-5-7-24/h3-11,20,22-23H,12-19H2,1-2H3. The van der Waals surface area contributed by atoms with E-state index in [-0.39, 0.29) is 0 Å². The third-order valence-corrected chi connectivity index (χ3v) is 6.61. The number of nitrogens with zero attached hydrogens (tertiary/aromatic N) is 2. The van der Waals surface area contributed by atoms with E-state index in [1.54, 1.807) is 0 Å². The number of likely N-dealkylation sites (tertiary alicyclic amines) is 2. The Hall–Kier alpha value is -1.84. The first-order valence-corrected chi connectivity index (χ1v) is 11.0. The van der Waals surface area contributed by atoms with Crippen LogP contribution in [0.4, 0.5) is 0 Å². The van der Waals surface area contributed by atoms with Crippen molar-refractivity contribution >= 4 is 0 Å². The summed E-state index contributed by atoms with van der Waals surface area (Å²) >= 11 is 0. The van der Waals surface area contributed by atoms with Crippen LogP contribution >= 0.6 is 0 Å². The normalized spacial score (nSPS) is 20.5.